The Morgan fingerprint density at radius 2 is 1.71 bits per heavy atom. The van der Waals surface area contributed by atoms with Crippen molar-refractivity contribution in [1.82, 2.24) is 5.16 Å². The highest BCUT2D eigenvalue weighted by Gasteiger charge is 2.25. The quantitative estimate of drug-likeness (QED) is 0.626. The van der Waals surface area contributed by atoms with Crippen LogP contribution in [0, 0.1) is 13.8 Å². The van der Waals surface area contributed by atoms with Gasteiger partial charge in [0.15, 0.2) is 6.10 Å². The van der Waals surface area contributed by atoms with Gasteiger partial charge in [-0.2, -0.15) is 0 Å². The number of hydrogen-bond acceptors (Lipinski definition) is 5. The maximum atomic E-state index is 12.5. The summed E-state index contributed by atoms with van der Waals surface area (Å²) in [5.41, 5.74) is 2.40. The second-order valence-electron chi connectivity index (χ2n) is 6.94. The van der Waals surface area contributed by atoms with E-state index < -0.39 is 12.1 Å². The molecule has 0 N–H and O–H groups in total. The van der Waals surface area contributed by atoms with Crippen LogP contribution in [0.3, 0.4) is 0 Å². The summed E-state index contributed by atoms with van der Waals surface area (Å²) in [4.78, 5) is 24.7. The highest BCUT2D eigenvalue weighted by atomic mass is 16.5. The number of ketones is 1. The molecule has 1 aromatic carbocycles. The van der Waals surface area contributed by atoms with Crippen LogP contribution in [0.2, 0.25) is 0 Å². The monoisotopic (exact) mass is 329 g/mol. The van der Waals surface area contributed by atoms with E-state index in [1.807, 2.05) is 12.1 Å². The molecule has 5 heteroatoms. The van der Waals surface area contributed by atoms with Crippen LogP contribution in [-0.4, -0.2) is 23.0 Å². The first kappa shape index (κ1) is 17.9. The Morgan fingerprint density at radius 1 is 1.12 bits per heavy atom. The van der Waals surface area contributed by atoms with Crippen molar-refractivity contribution in [3.63, 3.8) is 0 Å². The van der Waals surface area contributed by atoms with Crippen LogP contribution in [0.25, 0.3) is 0 Å². The van der Waals surface area contributed by atoms with E-state index in [4.69, 9.17) is 9.26 Å². The zero-order valence-electron chi connectivity index (χ0n) is 15.0. The lowest BCUT2D eigenvalue weighted by Gasteiger charge is -2.19. The predicted molar refractivity (Wildman–Crippen MR) is 90.3 cm³/mol. The van der Waals surface area contributed by atoms with Crippen LogP contribution in [0.1, 0.15) is 65.4 Å². The third-order valence-electron chi connectivity index (χ3n) is 3.93. The van der Waals surface area contributed by atoms with Gasteiger partial charge in [0.25, 0.3) is 0 Å². The Hall–Kier alpha value is -2.43. The number of nitrogens with zero attached hydrogens (tertiary/aromatic N) is 1. The molecule has 2 rings (SSSR count). The van der Waals surface area contributed by atoms with Crippen molar-refractivity contribution >= 4 is 11.8 Å². The molecule has 1 aromatic heterocycles. The van der Waals surface area contributed by atoms with E-state index in [1.165, 1.54) is 0 Å². The Morgan fingerprint density at radius 3 is 2.17 bits per heavy atom. The second-order valence-corrected chi connectivity index (χ2v) is 6.94. The first-order valence-electron chi connectivity index (χ1n) is 7.90. The first-order chi connectivity index (χ1) is 11.1. The van der Waals surface area contributed by atoms with E-state index in [9.17, 15) is 9.59 Å². The van der Waals surface area contributed by atoms with Gasteiger partial charge in [0.1, 0.15) is 11.3 Å². The molecule has 0 aliphatic heterocycles. The minimum Gasteiger partial charge on any atom is -0.451 e. The molecule has 0 spiro atoms. The highest BCUT2D eigenvalue weighted by molar-refractivity contribution is 6.01. The fourth-order valence-corrected chi connectivity index (χ4v) is 2.42. The average Bonchev–Trinajstić information content (AvgIpc) is 2.84. The van der Waals surface area contributed by atoms with Gasteiger partial charge in [-0.15, -0.1) is 0 Å². The smallest absolute Gasteiger partial charge is 0.344 e. The second kappa shape index (κ2) is 6.59. The highest BCUT2D eigenvalue weighted by Crippen LogP contribution is 2.23. The number of Topliss-reactive ketones (excluding diaryl/α,β-unsaturated/α-hetero) is 1. The normalized spacial score (nSPS) is 12.8. The van der Waals surface area contributed by atoms with Gasteiger partial charge in [-0.1, -0.05) is 50.2 Å². The number of benzene rings is 1. The van der Waals surface area contributed by atoms with Gasteiger partial charge < -0.3 is 9.26 Å². The van der Waals surface area contributed by atoms with E-state index in [0.717, 1.165) is 5.56 Å². The third kappa shape index (κ3) is 3.72. The summed E-state index contributed by atoms with van der Waals surface area (Å²) in [7, 11) is 0. The molecule has 1 atom stereocenters. The zero-order chi connectivity index (χ0) is 18.1. The van der Waals surface area contributed by atoms with Gasteiger partial charge in [0.2, 0.25) is 5.78 Å². The average molecular weight is 329 g/mol. The zero-order valence-corrected chi connectivity index (χ0v) is 15.0. The molecule has 2 aromatic rings. The summed E-state index contributed by atoms with van der Waals surface area (Å²) in [5.74, 6) is -0.458. The number of hydrogen-bond donors (Lipinski definition) is 0. The van der Waals surface area contributed by atoms with Crippen LogP contribution in [0.5, 0.6) is 0 Å². The lowest BCUT2D eigenvalue weighted by molar-refractivity contribution is 0.0316. The fourth-order valence-electron chi connectivity index (χ4n) is 2.42. The van der Waals surface area contributed by atoms with E-state index in [0.29, 0.717) is 17.0 Å². The van der Waals surface area contributed by atoms with Gasteiger partial charge >= 0.3 is 5.97 Å². The SMILES string of the molecule is Cc1noc(C)c1C(=O)O[C@H](C)C(=O)c1ccc(C(C)(C)C)cc1. The maximum absolute atomic E-state index is 12.5. The Kier molecular flexibility index (Phi) is 4.92. The summed E-state index contributed by atoms with van der Waals surface area (Å²) >= 11 is 0. The van der Waals surface area contributed by atoms with Crippen LogP contribution >= 0.6 is 0 Å². The van der Waals surface area contributed by atoms with E-state index >= 15 is 0 Å². The van der Waals surface area contributed by atoms with Crippen LogP contribution in [0.4, 0.5) is 0 Å². The van der Waals surface area contributed by atoms with Crippen molar-refractivity contribution in [2.45, 2.75) is 53.1 Å². The molecule has 0 radical (unpaired) electrons. The van der Waals surface area contributed by atoms with Gasteiger partial charge in [-0.25, -0.2) is 4.79 Å². The molecule has 128 valence electrons. The van der Waals surface area contributed by atoms with Crippen molar-refractivity contribution in [3.05, 3.63) is 52.4 Å². The topological polar surface area (TPSA) is 69.4 Å². The molecule has 0 aliphatic carbocycles. The summed E-state index contributed by atoms with van der Waals surface area (Å²) in [6.07, 6.45) is -0.883. The minimum atomic E-state index is -0.883. The summed E-state index contributed by atoms with van der Waals surface area (Å²) in [6.45, 7) is 11.2. The molecule has 0 saturated carbocycles. The third-order valence-corrected chi connectivity index (χ3v) is 3.93. The molecule has 5 nitrogen and oxygen atoms in total. The minimum absolute atomic E-state index is 0.0169. The Balaban J connectivity index is 2.11. The van der Waals surface area contributed by atoms with Gasteiger partial charge in [-0.05, 0) is 31.7 Å². The molecular weight excluding hydrogens is 306 g/mol. The van der Waals surface area contributed by atoms with Gasteiger partial charge in [-0.3, -0.25) is 4.79 Å². The van der Waals surface area contributed by atoms with Crippen molar-refractivity contribution in [3.8, 4) is 0 Å². The number of carbonyl (C=O) groups excluding carboxylic acids is 2. The fraction of sp³-hybridized carbons (Fsp3) is 0.421. The van der Waals surface area contributed by atoms with E-state index in [1.54, 1.807) is 32.9 Å². The number of rotatable bonds is 4. The van der Waals surface area contributed by atoms with E-state index in [2.05, 4.69) is 25.9 Å². The Labute approximate surface area is 142 Å². The Bertz CT molecular complexity index is 731. The number of carbonyl (C=O) groups is 2. The van der Waals surface area contributed by atoms with Crippen molar-refractivity contribution in [2.75, 3.05) is 0 Å². The largest absolute Gasteiger partial charge is 0.451 e. The number of esters is 1. The number of ether oxygens (including phenoxy) is 1. The van der Waals surface area contributed by atoms with Crippen molar-refractivity contribution in [2.24, 2.45) is 0 Å². The molecule has 0 amide bonds. The van der Waals surface area contributed by atoms with Gasteiger partial charge in [0, 0.05) is 5.56 Å². The first-order valence-corrected chi connectivity index (χ1v) is 7.90. The molecule has 0 unspecified atom stereocenters. The standard InChI is InChI=1S/C19H23NO4/c1-11-16(12(2)24-20-11)18(22)23-13(3)17(21)14-7-9-15(10-8-14)19(4,5)6/h7-10,13H,1-6H3/t13-/m1/s1. The summed E-state index contributed by atoms with van der Waals surface area (Å²) in [5, 5.41) is 3.72. The van der Waals surface area contributed by atoms with Crippen LogP contribution in [-0.2, 0) is 10.2 Å². The lowest BCUT2D eigenvalue weighted by Crippen LogP contribution is -2.25. The van der Waals surface area contributed by atoms with E-state index in [-0.39, 0.29) is 16.8 Å². The van der Waals surface area contributed by atoms with Gasteiger partial charge in [0.05, 0.1) is 5.69 Å². The van der Waals surface area contributed by atoms with Crippen LogP contribution in [0.15, 0.2) is 28.8 Å². The predicted octanol–water partition coefficient (Wildman–Crippen LogP) is 4.02. The molecule has 0 saturated heterocycles. The molecule has 0 bridgehead atoms. The van der Waals surface area contributed by atoms with Crippen molar-refractivity contribution < 1.29 is 18.8 Å². The summed E-state index contributed by atoms with van der Waals surface area (Å²) in [6, 6.07) is 7.39. The molecule has 0 fully saturated rings. The molecule has 0 aliphatic rings. The maximum Gasteiger partial charge on any atom is 0.344 e. The molecule has 24 heavy (non-hydrogen) atoms. The number of aromatic nitrogens is 1. The lowest BCUT2D eigenvalue weighted by atomic mass is 9.86. The van der Waals surface area contributed by atoms with Crippen LogP contribution < -0.4 is 0 Å². The molecule has 1 heterocycles. The number of aryl methyl sites for hydroxylation is 2. The summed E-state index contributed by atoms with van der Waals surface area (Å²) < 4.78 is 10.2. The molecular formula is C19H23NO4. The van der Waals surface area contributed by atoms with Crippen molar-refractivity contribution in [1.29, 1.82) is 0 Å².